The van der Waals surface area contributed by atoms with Crippen LogP contribution in [0.4, 0.5) is 4.39 Å². The van der Waals surface area contributed by atoms with Crippen LogP contribution >= 0.6 is 23.1 Å². The van der Waals surface area contributed by atoms with Gasteiger partial charge < -0.3 is 9.80 Å². The van der Waals surface area contributed by atoms with Crippen molar-refractivity contribution in [3.05, 3.63) is 83.0 Å². The zero-order valence-electron chi connectivity index (χ0n) is 19.4. The van der Waals surface area contributed by atoms with Gasteiger partial charge in [-0.05, 0) is 47.8 Å². The maximum absolute atomic E-state index is 14.8. The summed E-state index contributed by atoms with van der Waals surface area (Å²) in [6.45, 7) is 6.49. The third-order valence-electron chi connectivity index (χ3n) is 6.12. The number of likely N-dealkylation sites (N-methyl/N-ethyl adjacent to an activating group) is 1. The number of para-hydroxylation sites is 1. The van der Waals surface area contributed by atoms with Crippen LogP contribution in [0.15, 0.2) is 71.2 Å². The monoisotopic (exact) mass is 507 g/mol. The first-order valence-corrected chi connectivity index (χ1v) is 13.5. The van der Waals surface area contributed by atoms with Crippen molar-refractivity contribution in [3.63, 3.8) is 0 Å². The highest BCUT2D eigenvalue weighted by atomic mass is 32.2. The van der Waals surface area contributed by atoms with Gasteiger partial charge in [0.2, 0.25) is 0 Å². The lowest BCUT2D eigenvalue weighted by Gasteiger charge is -2.34. The molecule has 1 amide bonds. The van der Waals surface area contributed by atoms with Crippen LogP contribution in [0.2, 0.25) is 0 Å². The molecule has 1 fully saturated rings. The van der Waals surface area contributed by atoms with E-state index < -0.39 is 0 Å². The first kappa shape index (κ1) is 23.7. The Hall–Kier alpha value is -3.01. The van der Waals surface area contributed by atoms with Gasteiger partial charge in [0.05, 0.1) is 10.6 Å². The smallest absolute Gasteiger partial charge is 0.253 e. The van der Waals surface area contributed by atoms with Crippen LogP contribution in [0.25, 0.3) is 16.4 Å². The third kappa shape index (κ3) is 5.17. The summed E-state index contributed by atoms with van der Waals surface area (Å²) in [7, 11) is 0. The van der Waals surface area contributed by atoms with Crippen LogP contribution in [0.1, 0.15) is 22.8 Å². The van der Waals surface area contributed by atoms with Crippen molar-refractivity contribution in [2.45, 2.75) is 17.8 Å². The normalized spacial score (nSPS) is 14.4. The summed E-state index contributed by atoms with van der Waals surface area (Å²) in [4.78, 5) is 18.3. The van der Waals surface area contributed by atoms with Crippen LogP contribution in [-0.2, 0) is 5.75 Å². The first-order chi connectivity index (χ1) is 17.1. The van der Waals surface area contributed by atoms with Gasteiger partial charge in [-0.15, -0.1) is 21.5 Å². The number of hydrogen-bond donors (Lipinski definition) is 0. The Labute approximate surface area is 212 Å². The average Bonchev–Trinajstić information content (AvgIpc) is 3.58. The maximum atomic E-state index is 14.8. The van der Waals surface area contributed by atoms with Gasteiger partial charge >= 0.3 is 0 Å². The number of piperazine rings is 1. The molecule has 0 unspecified atom stereocenters. The van der Waals surface area contributed by atoms with Crippen molar-refractivity contribution in [2.75, 3.05) is 32.7 Å². The Morgan fingerprint density at radius 2 is 1.86 bits per heavy atom. The molecule has 1 saturated heterocycles. The van der Waals surface area contributed by atoms with E-state index in [0.29, 0.717) is 28.0 Å². The van der Waals surface area contributed by atoms with Gasteiger partial charge in [-0.2, -0.15) is 0 Å². The van der Waals surface area contributed by atoms with E-state index in [9.17, 15) is 9.18 Å². The predicted octanol–water partition coefficient (Wildman–Crippen LogP) is 5.20. The number of amides is 1. The molecule has 0 aliphatic carbocycles. The van der Waals surface area contributed by atoms with Gasteiger partial charge in [0.15, 0.2) is 11.0 Å². The number of carbonyl (C=O) groups is 1. The third-order valence-corrected chi connectivity index (χ3v) is 7.98. The van der Waals surface area contributed by atoms with Gasteiger partial charge in [-0.25, -0.2) is 4.39 Å². The molecule has 2 aromatic carbocycles. The molecule has 4 aromatic rings. The number of aromatic nitrogens is 3. The molecule has 5 rings (SSSR count). The molecule has 0 N–H and O–H groups in total. The molecule has 2 aromatic heterocycles. The number of hydrogen-bond acceptors (Lipinski definition) is 6. The highest BCUT2D eigenvalue weighted by Gasteiger charge is 2.22. The van der Waals surface area contributed by atoms with E-state index in [2.05, 4.69) is 22.0 Å². The lowest BCUT2D eigenvalue weighted by Crippen LogP contribution is -2.48. The molecule has 3 heterocycles. The number of benzene rings is 2. The van der Waals surface area contributed by atoms with Gasteiger partial charge in [-0.3, -0.25) is 9.36 Å². The number of rotatable bonds is 7. The van der Waals surface area contributed by atoms with Crippen molar-refractivity contribution in [1.82, 2.24) is 24.6 Å². The second-order valence-corrected chi connectivity index (χ2v) is 10.2. The molecule has 0 bridgehead atoms. The Morgan fingerprint density at radius 1 is 1.03 bits per heavy atom. The summed E-state index contributed by atoms with van der Waals surface area (Å²) in [6.07, 6.45) is 0. The lowest BCUT2D eigenvalue weighted by atomic mass is 10.1. The number of carbonyl (C=O) groups excluding carboxylic acids is 1. The van der Waals surface area contributed by atoms with E-state index in [1.165, 1.54) is 29.2 Å². The van der Waals surface area contributed by atoms with E-state index >= 15 is 0 Å². The summed E-state index contributed by atoms with van der Waals surface area (Å²) in [5, 5.41) is 11.3. The van der Waals surface area contributed by atoms with E-state index in [1.54, 1.807) is 22.8 Å². The highest BCUT2D eigenvalue weighted by Crippen LogP contribution is 2.32. The fourth-order valence-electron chi connectivity index (χ4n) is 4.17. The quantitative estimate of drug-likeness (QED) is 0.322. The number of thioether (sulfide) groups is 1. The van der Waals surface area contributed by atoms with Crippen molar-refractivity contribution < 1.29 is 9.18 Å². The molecule has 180 valence electrons. The van der Waals surface area contributed by atoms with Crippen molar-refractivity contribution in [3.8, 4) is 16.4 Å². The predicted molar refractivity (Wildman–Crippen MR) is 139 cm³/mol. The molecule has 1 aliphatic heterocycles. The first-order valence-electron chi connectivity index (χ1n) is 11.6. The van der Waals surface area contributed by atoms with Crippen LogP contribution in [0, 0.1) is 5.82 Å². The molecule has 0 radical (unpaired) electrons. The molecule has 35 heavy (non-hydrogen) atoms. The van der Waals surface area contributed by atoms with Crippen molar-refractivity contribution >= 4 is 29.0 Å². The molecule has 0 atom stereocenters. The second kappa shape index (κ2) is 10.7. The Morgan fingerprint density at radius 3 is 2.60 bits per heavy atom. The number of halogens is 1. The lowest BCUT2D eigenvalue weighted by molar-refractivity contribution is 0.0643. The Kier molecular flexibility index (Phi) is 7.26. The van der Waals surface area contributed by atoms with Gasteiger partial charge in [-0.1, -0.05) is 49.0 Å². The minimum absolute atomic E-state index is 0.0714. The van der Waals surface area contributed by atoms with E-state index in [4.69, 9.17) is 0 Å². The summed E-state index contributed by atoms with van der Waals surface area (Å²) < 4.78 is 16.5. The van der Waals surface area contributed by atoms with Crippen LogP contribution in [-0.4, -0.2) is 63.2 Å². The average molecular weight is 508 g/mol. The topological polar surface area (TPSA) is 54.3 Å². The SMILES string of the molecule is CCN1CCN(C(=O)c2cccc(CSc3nnc(-c4cccs4)n3-c3ccccc3F)c2)CC1. The fourth-order valence-corrected chi connectivity index (χ4v) is 5.76. The van der Waals surface area contributed by atoms with Crippen LogP contribution in [0.5, 0.6) is 0 Å². The number of thiophene rings is 1. The van der Waals surface area contributed by atoms with Crippen molar-refractivity contribution in [1.29, 1.82) is 0 Å². The van der Waals surface area contributed by atoms with E-state index in [0.717, 1.165) is 43.2 Å². The Bertz CT molecular complexity index is 1300. The second-order valence-electron chi connectivity index (χ2n) is 8.29. The zero-order chi connectivity index (χ0) is 24.2. The minimum Gasteiger partial charge on any atom is -0.336 e. The maximum Gasteiger partial charge on any atom is 0.253 e. The molecule has 0 saturated carbocycles. The van der Waals surface area contributed by atoms with E-state index in [1.807, 2.05) is 46.7 Å². The Balaban J connectivity index is 1.36. The van der Waals surface area contributed by atoms with Gasteiger partial charge in [0, 0.05) is 37.5 Å². The van der Waals surface area contributed by atoms with Crippen LogP contribution in [0.3, 0.4) is 0 Å². The summed E-state index contributed by atoms with van der Waals surface area (Å²) in [5.41, 5.74) is 2.12. The summed E-state index contributed by atoms with van der Waals surface area (Å²) in [6, 6.07) is 18.3. The van der Waals surface area contributed by atoms with Crippen LogP contribution < -0.4 is 0 Å². The van der Waals surface area contributed by atoms with Crippen molar-refractivity contribution in [2.24, 2.45) is 0 Å². The molecule has 6 nitrogen and oxygen atoms in total. The molecular formula is C26H26FN5OS2. The van der Waals surface area contributed by atoms with Gasteiger partial charge in [0.25, 0.3) is 5.91 Å². The highest BCUT2D eigenvalue weighted by molar-refractivity contribution is 7.98. The standard InChI is InChI=1S/C26H26FN5OS2/c1-2-30-12-14-31(15-13-30)25(33)20-8-5-7-19(17-20)18-35-26-29-28-24(23-11-6-16-34-23)32(26)22-10-4-3-9-21(22)27/h3-11,16-17H,2,12-15,18H2,1H3. The molecule has 0 spiro atoms. The fraction of sp³-hybridized carbons (Fsp3) is 0.269. The molecule has 9 heteroatoms. The molecular weight excluding hydrogens is 481 g/mol. The largest absolute Gasteiger partial charge is 0.336 e. The van der Waals surface area contributed by atoms with E-state index in [-0.39, 0.29) is 11.7 Å². The minimum atomic E-state index is -0.331. The zero-order valence-corrected chi connectivity index (χ0v) is 21.1. The number of nitrogens with zero attached hydrogens (tertiary/aromatic N) is 5. The summed E-state index contributed by atoms with van der Waals surface area (Å²) >= 11 is 3.02. The summed E-state index contributed by atoms with van der Waals surface area (Å²) in [5.74, 6) is 0.939. The van der Waals surface area contributed by atoms with Gasteiger partial charge in [0.1, 0.15) is 5.82 Å². The molecule has 1 aliphatic rings.